The van der Waals surface area contributed by atoms with E-state index in [2.05, 4.69) is 5.10 Å². The summed E-state index contributed by atoms with van der Waals surface area (Å²) in [6.45, 7) is 0. The van der Waals surface area contributed by atoms with Gasteiger partial charge in [-0.2, -0.15) is 5.10 Å². The molecular formula is C12H13N3O4. The number of benzene rings is 1. The second-order valence-corrected chi connectivity index (χ2v) is 4.73. The summed E-state index contributed by atoms with van der Waals surface area (Å²) in [6, 6.07) is 3.21. The second kappa shape index (κ2) is 4.20. The van der Waals surface area contributed by atoms with Crippen molar-refractivity contribution in [2.24, 2.45) is 0 Å². The summed E-state index contributed by atoms with van der Waals surface area (Å²) in [5, 5.41) is 25.3. The fourth-order valence-corrected chi connectivity index (χ4v) is 2.33. The molecule has 1 saturated carbocycles. The lowest BCUT2D eigenvalue weighted by Gasteiger charge is -2.31. The van der Waals surface area contributed by atoms with Crippen molar-refractivity contribution in [2.75, 3.05) is 7.11 Å². The van der Waals surface area contributed by atoms with Gasteiger partial charge in [0.15, 0.2) is 5.75 Å². The quantitative estimate of drug-likeness (QED) is 0.671. The minimum absolute atomic E-state index is 0.0665. The van der Waals surface area contributed by atoms with Gasteiger partial charge in [-0.1, -0.05) is 0 Å². The molecule has 0 spiro atoms. The number of methoxy groups -OCH3 is 1. The van der Waals surface area contributed by atoms with Crippen LogP contribution in [0.25, 0.3) is 10.9 Å². The van der Waals surface area contributed by atoms with E-state index in [1.165, 1.54) is 13.2 Å². The zero-order valence-corrected chi connectivity index (χ0v) is 10.3. The highest BCUT2D eigenvalue weighted by atomic mass is 16.6. The maximum absolute atomic E-state index is 10.9. The summed E-state index contributed by atoms with van der Waals surface area (Å²) in [5.41, 5.74) is 0.590. The van der Waals surface area contributed by atoms with Crippen molar-refractivity contribution in [3.63, 3.8) is 0 Å². The molecule has 1 N–H and O–H groups in total. The number of aromatic nitrogens is 2. The molecule has 0 aliphatic heterocycles. The minimum Gasteiger partial charge on any atom is -0.490 e. The summed E-state index contributed by atoms with van der Waals surface area (Å²) < 4.78 is 6.78. The molecule has 100 valence electrons. The Kier molecular flexibility index (Phi) is 2.63. The zero-order chi connectivity index (χ0) is 13.6. The Hall–Kier alpha value is -2.15. The average Bonchev–Trinajstić information content (AvgIpc) is 2.75. The van der Waals surface area contributed by atoms with Gasteiger partial charge in [0.25, 0.3) is 0 Å². The molecule has 0 atom stereocenters. The standard InChI is InChI=1S/C12H13N3O4/c1-19-12-5-10-7(2-11(12)15(17)18)6-14(13-10)8-3-9(16)4-8/h2,5-6,8-9,16H,3-4H2,1H3/t8-,9-. The number of aliphatic hydroxyl groups excluding tert-OH is 1. The van der Waals surface area contributed by atoms with Crippen molar-refractivity contribution in [2.45, 2.75) is 25.0 Å². The predicted molar refractivity (Wildman–Crippen MR) is 67.2 cm³/mol. The monoisotopic (exact) mass is 263 g/mol. The second-order valence-electron chi connectivity index (χ2n) is 4.73. The first kappa shape index (κ1) is 11.9. The van der Waals surface area contributed by atoms with Crippen LogP contribution < -0.4 is 4.74 Å². The number of hydrogen-bond donors (Lipinski definition) is 1. The van der Waals surface area contributed by atoms with Crippen LogP contribution >= 0.6 is 0 Å². The van der Waals surface area contributed by atoms with Crippen molar-refractivity contribution >= 4 is 16.6 Å². The Morgan fingerprint density at radius 1 is 1.53 bits per heavy atom. The van der Waals surface area contributed by atoms with Gasteiger partial charge in [-0.3, -0.25) is 14.8 Å². The van der Waals surface area contributed by atoms with Gasteiger partial charge < -0.3 is 9.84 Å². The summed E-state index contributed by atoms with van der Waals surface area (Å²) in [7, 11) is 1.40. The van der Waals surface area contributed by atoms with Gasteiger partial charge in [0.2, 0.25) is 0 Å². The molecule has 0 unspecified atom stereocenters. The number of nitro groups is 1. The zero-order valence-electron chi connectivity index (χ0n) is 10.3. The molecule has 7 heteroatoms. The van der Waals surface area contributed by atoms with E-state index >= 15 is 0 Å². The lowest BCUT2D eigenvalue weighted by Crippen LogP contribution is -2.30. The van der Waals surface area contributed by atoms with Crippen LogP contribution in [0, 0.1) is 10.1 Å². The number of rotatable bonds is 3. The summed E-state index contributed by atoms with van der Waals surface area (Å²) in [6.07, 6.45) is 2.86. The molecule has 1 aromatic carbocycles. The van der Waals surface area contributed by atoms with E-state index in [1.54, 1.807) is 16.9 Å². The lowest BCUT2D eigenvalue weighted by atomic mass is 9.90. The van der Waals surface area contributed by atoms with Gasteiger partial charge in [-0.05, 0) is 12.8 Å². The first-order chi connectivity index (χ1) is 9.08. The molecule has 1 fully saturated rings. The van der Waals surface area contributed by atoms with E-state index in [1.807, 2.05) is 0 Å². The molecule has 2 aromatic rings. The summed E-state index contributed by atoms with van der Waals surface area (Å²) in [4.78, 5) is 10.5. The molecule has 0 radical (unpaired) electrons. The topological polar surface area (TPSA) is 90.4 Å². The highest BCUT2D eigenvalue weighted by Crippen LogP contribution is 2.35. The minimum atomic E-state index is -0.470. The van der Waals surface area contributed by atoms with Crippen LogP contribution in [0.2, 0.25) is 0 Å². The summed E-state index contributed by atoms with van der Waals surface area (Å²) >= 11 is 0. The van der Waals surface area contributed by atoms with E-state index in [0.717, 1.165) is 0 Å². The van der Waals surface area contributed by atoms with Gasteiger partial charge in [-0.25, -0.2) is 0 Å². The van der Waals surface area contributed by atoms with Gasteiger partial charge in [-0.15, -0.1) is 0 Å². The van der Waals surface area contributed by atoms with Crippen LogP contribution in [0.5, 0.6) is 5.75 Å². The first-order valence-electron chi connectivity index (χ1n) is 5.98. The van der Waals surface area contributed by atoms with E-state index < -0.39 is 4.92 Å². The van der Waals surface area contributed by atoms with E-state index in [4.69, 9.17) is 4.74 Å². The van der Waals surface area contributed by atoms with Gasteiger partial charge in [0, 0.05) is 23.7 Å². The molecule has 0 amide bonds. The number of ether oxygens (including phenoxy) is 1. The van der Waals surface area contributed by atoms with Crippen molar-refractivity contribution in [3.05, 3.63) is 28.4 Å². The van der Waals surface area contributed by atoms with Gasteiger partial charge in [0.05, 0.1) is 29.7 Å². The molecule has 0 bridgehead atoms. The number of fused-ring (bicyclic) bond motifs is 1. The Labute approximate surface area is 108 Å². The lowest BCUT2D eigenvalue weighted by molar-refractivity contribution is -0.385. The molecule has 3 rings (SSSR count). The smallest absolute Gasteiger partial charge is 0.311 e. The third-order valence-electron chi connectivity index (χ3n) is 3.48. The molecule has 1 aliphatic carbocycles. The predicted octanol–water partition coefficient (Wildman–Crippen LogP) is 1.65. The third kappa shape index (κ3) is 1.91. The van der Waals surface area contributed by atoms with Crippen LogP contribution in [0.1, 0.15) is 18.9 Å². The van der Waals surface area contributed by atoms with Crippen molar-refractivity contribution in [1.29, 1.82) is 0 Å². The SMILES string of the molecule is COc1cc2nn([C@H]3C[C@H](O)C3)cc2cc1[N+](=O)[O-]. The van der Waals surface area contributed by atoms with E-state index in [-0.39, 0.29) is 23.6 Å². The average molecular weight is 263 g/mol. The fourth-order valence-electron chi connectivity index (χ4n) is 2.33. The van der Waals surface area contributed by atoms with Crippen LogP contribution in [0.3, 0.4) is 0 Å². The first-order valence-corrected chi connectivity index (χ1v) is 5.98. The molecular weight excluding hydrogens is 250 g/mol. The van der Waals surface area contributed by atoms with Gasteiger partial charge in [0.1, 0.15) is 0 Å². The van der Waals surface area contributed by atoms with Crippen LogP contribution in [0.15, 0.2) is 18.3 Å². The Morgan fingerprint density at radius 2 is 2.26 bits per heavy atom. The normalized spacial score (nSPS) is 22.2. The van der Waals surface area contributed by atoms with E-state index in [0.29, 0.717) is 23.7 Å². The highest BCUT2D eigenvalue weighted by Gasteiger charge is 2.29. The molecule has 19 heavy (non-hydrogen) atoms. The van der Waals surface area contributed by atoms with Crippen molar-refractivity contribution in [3.8, 4) is 5.75 Å². The Balaban J connectivity index is 2.05. The molecule has 1 aromatic heterocycles. The highest BCUT2D eigenvalue weighted by molar-refractivity contribution is 5.83. The maximum Gasteiger partial charge on any atom is 0.311 e. The van der Waals surface area contributed by atoms with Crippen molar-refractivity contribution in [1.82, 2.24) is 9.78 Å². The molecule has 0 saturated heterocycles. The maximum atomic E-state index is 10.9. The number of nitro benzene ring substituents is 1. The van der Waals surface area contributed by atoms with Crippen molar-refractivity contribution < 1.29 is 14.8 Å². The van der Waals surface area contributed by atoms with Crippen LogP contribution in [-0.4, -0.2) is 33.0 Å². The largest absolute Gasteiger partial charge is 0.490 e. The molecule has 1 heterocycles. The van der Waals surface area contributed by atoms with Gasteiger partial charge >= 0.3 is 5.69 Å². The Morgan fingerprint density at radius 3 is 2.84 bits per heavy atom. The Bertz CT molecular complexity index is 646. The third-order valence-corrected chi connectivity index (χ3v) is 3.48. The van der Waals surface area contributed by atoms with Crippen LogP contribution in [0.4, 0.5) is 5.69 Å². The number of nitrogens with zero attached hydrogens (tertiary/aromatic N) is 3. The molecule has 7 nitrogen and oxygen atoms in total. The van der Waals surface area contributed by atoms with E-state index in [9.17, 15) is 15.2 Å². The summed E-state index contributed by atoms with van der Waals surface area (Å²) in [5.74, 6) is 0.205. The van der Waals surface area contributed by atoms with Crippen LogP contribution in [-0.2, 0) is 0 Å². The fraction of sp³-hybridized carbons (Fsp3) is 0.417. The number of aliphatic hydroxyl groups is 1. The molecule has 1 aliphatic rings. The number of hydrogen-bond acceptors (Lipinski definition) is 5.